The van der Waals surface area contributed by atoms with Crippen molar-refractivity contribution in [2.75, 3.05) is 4.90 Å². The molecule has 1 radical (unpaired) electrons. The van der Waals surface area contributed by atoms with Gasteiger partial charge in [-0.2, -0.15) is 0 Å². The fraction of sp³-hybridized carbons (Fsp3) is 0.300. The number of carbonyl (C=O) groups is 1. The van der Waals surface area contributed by atoms with Crippen LogP contribution in [0.15, 0.2) is 24.3 Å². The Kier molecular flexibility index (Phi) is 2.90. The molecule has 3 heteroatoms. The van der Waals surface area contributed by atoms with Crippen LogP contribution in [0.4, 0.5) is 10.5 Å². The molecule has 1 aromatic carbocycles. The van der Waals surface area contributed by atoms with Crippen LogP contribution in [-0.4, -0.2) is 12.1 Å². The Morgan fingerprint density at radius 3 is 2.38 bits per heavy atom. The van der Waals surface area contributed by atoms with Crippen molar-refractivity contribution in [1.82, 2.24) is 0 Å². The highest BCUT2D eigenvalue weighted by Crippen LogP contribution is 2.15. The number of primary amides is 1. The van der Waals surface area contributed by atoms with E-state index >= 15 is 0 Å². The van der Waals surface area contributed by atoms with E-state index in [2.05, 4.69) is 6.07 Å². The van der Waals surface area contributed by atoms with Crippen LogP contribution in [0.5, 0.6) is 0 Å². The van der Waals surface area contributed by atoms with Crippen LogP contribution in [0, 0.1) is 6.07 Å². The van der Waals surface area contributed by atoms with E-state index in [-0.39, 0.29) is 6.04 Å². The maximum atomic E-state index is 11.1. The second kappa shape index (κ2) is 3.94. The van der Waals surface area contributed by atoms with Gasteiger partial charge in [-0.15, -0.1) is 0 Å². The minimum absolute atomic E-state index is 0.0694. The fourth-order valence-electron chi connectivity index (χ4n) is 1.22. The maximum Gasteiger partial charge on any atom is 0.319 e. The van der Waals surface area contributed by atoms with E-state index in [9.17, 15) is 4.79 Å². The van der Waals surface area contributed by atoms with Crippen LogP contribution < -0.4 is 10.6 Å². The zero-order valence-electron chi connectivity index (χ0n) is 7.82. The number of nitrogens with two attached hydrogens (primary N) is 1. The summed E-state index contributed by atoms with van der Waals surface area (Å²) in [6, 6.07) is 9.66. The lowest BCUT2D eigenvalue weighted by molar-refractivity contribution is 0.252. The van der Waals surface area contributed by atoms with Gasteiger partial charge in [0.05, 0.1) is 0 Å². The third-order valence-corrected chi connectivity index (χ3v) is 1.73. The summed E-state index contributed by atoms with van der Waals surface area (Å²) in [6.07, 6.45) is 0. The number of amides is 2. The van der Waals surface area contributed by atoms with Gasteiger partial charge in [0.15, 0.2) is 0 Å². The van der Waals surface area contributed by atoms with Crippen molar-refractivity contribution in [2.24, 2.45) is 5.73 Å². The van der Waals surface area contributed by atoms with Gasteiger partial charge in [0, 0.05) is 11.7 Å². The van der Waals surface area contributed by atoms with E-state index in [0.29, 0.717) is 0 Å². The molecule has 0 unspecified atom stereocenters. The van der Waals surface area contributed by atoms with Crippen LogP contribution in [0.3, 0.4) is 0 Å². The van der Waals surface area contributed by atoms with E-state index in [4.69, 9.17) is 5.73 Å². The third kappa shape index (κ3) is 2.21. The van der Waals surface area contributed by atoms with Crippen LogP contribution in [0.25, 0.3) is 0 Å². The number of nitrogens with zero attached hydrogens (tertiary/aromatic N) is 1. The number of carbonyl (C=O) groups excluding carboxylic acids is 1. The molecule has 1 rings (SSSR count). The molecule has 2 N–H and O–H groups in total. The van der Waals surface area contributed by atoms with E-state index in [1.165, 1.54) is 4.90 Å². The average molecular weight is 177 g/mol. The smallest absolute Gasteiger partial charge is 0.319 e. The first-order valence-electron chi connectivity index (χ1n) is 4.17. The lowest BCUT2D eigenvalue weighted by Gasteiger charge is -2.24. The van der Waals surface area contributed by atoms with Crippen molar-refractivity contribution in [1.29, 1.82) is 0 Å². The highest BCUT2D eigenvalue weighted by atomic mass is 16.2. The van der Waals surface area contributed by atoms with Crippen molar-refractivity contribution in [3.63, 3.8) is 0 Å². The first kappa shape index (κ1) is 9.58. The van der Waals surface area contributed by atoms with Gasteiger partial charge in [-0.3, -0.25) is 4.90 Å². The first-order chi connectivity index (χ1) is 6.13. The molecule has 1 aromatic rings. The second-order valence-corrected chi connectivity index (χ2v) is 3.06. The maximum absolute atomic E-state index is 11.1. The van der Waals surface area contributed by atoms with Gasteiger partial charge in [0.25, 0.3) is 0 Å². The summed E-state index contributed by atoms with van der Waals surface area (Å²) in [6.45, 7) is 3.84. The number of hydrogen-bond donors (Lipinski definition) is 1. The molecule has 0 saturated carbocycles. The highest BCUT2D eigenvalue weighted by Gasteiger charge is 2.14. The molecular formula is C10H13N2O. The summed E-state index contributed by atoms with van der Waals surface area (Å²) < 4.78 is 0. The van der Waals surface area contributed by atoms with Crippen molar-refractivity contribution in [2.45, 2.75) is 19.9 Å². The van der Waals surface area contributed by atoms with Gasteiger partial charge in [-0.1, -0.05) is 12.1 Å². The average Bonchev–Trinajstić information content (AvgIpc) is 2.04. The minimum Gasteiger partial charge on any atom is -0.351 e. The molecule has 0 bridgehead atoms. The van der Waals surface area contributed by atoms with Gasteiger partial charge >= 0.3 is 6.03 Å². The molecule has 0 aromatic heterocycles. The molecule has 0 aliphatic carbocycles. The standard InChI is InChI=1S/C10H13N2O/c1-8(2)12(10(11)13)9-6-4-3-5-7-9/h4-8H,1-2H3,(H2,11,13). The summed E-state index contributed by atoms with van der Waals surface area (Å²) in [4.78, 5) is 12.6. The van der Waals surface area contributed by atoms with Crippen LogP contribution in [-0.2, 0) is 0 Å². The number of anilines is 1. The van der Waals surface area contributed by atoms with Crippen LogP contribution in [0.2, 0.25) is 0 Å². The predicted molar refractivity (Wildman–Crippen MR) is 52.5 cm³/mol. The minimum atomic E-state index is -0.429. The van der Waals surface area contributed by atoms with Crippen LogP contribution in [0.1, 0.15) is 13.8 Å². The molecule has 0 aliphatic heterocycles. The Hall–Kier alpha value is -1.51. The predicted octanol–water partition coefficient (Wildman–Crippen LogP) is 1.78. The van der Waals surface area contributed by atoms with E-state index in [0.717, 1.165) is 5.69 Å². The van der Waals surface area contributed by atoms with E-state index < -0.39 is 6.03 Å². The monoisotopic (exact) mass is 177 g/mol. The zero-order valence-corrected chi connectivity index (χ0v) is 7.82. The molecule has 3 nitrogen and oxygen atoms in total. The van der Waals surface area contributed by atoms with Crippen molar-refractivity contribution < 1.29 is 4.79 Å². The molecule has 0 spiro atoms. The molecule has 0 atom stereocenters. The summed E-state index contributed by atoms with van der Waals surface area (Å²) in [5.74, 6) is 0. The molecule has 13 heavy (non-hydrogen) atoms. The normalized spacial score (nSPS) is 10.1. The number of hydrogen-bond acceptors (Lipinski definition) is 1. The van der Waals surface area contributed by atoms with Gasteiger partial charge in [-0.25, -0.2) is 4.79 Å². The van der Waals surface area contributed by atoms with Crippen molar-refractivity contribution in [3.05, 3.63) is 30.3 Å². The van der Waals surface area contributed by atoms with E-state index in [1.54, 1.807) is 12.1 Å². The Bertz CT molecular complexity index is 282. The quantitative estimate of drug-likeness (QED) is 0.735. The molecule has 0 fully saturated rings. The third-order valence-electron chi connectivity index (χ3n) is 1.73. The Morgan fingerprint density at radius 2 is 2.00 bits per heavy atom. The van der Waals surface area contributed by atoms with Gasteiger partial charge in [0.1, 0.15) is 0 Å². The molecular weight excluding hydrogens is 164 g/mol. The summed E-state index contributed by atoms with van der Waals surface area (Å²) in [5, 5.41) is 0. The topological polar surface area (TPSA) is 46.3 Å². The SMILES string of the molecule is CC(C)N(C(N)=O)c1cc[c]cc1. The van der Waals surface area contributed by atoms with Gasteiger partial charge in [-0.05, 0) is 32.0 Å². The Morgan fingerprint density at radius 1 is 1.46 bits per heavy atom. The Labute approximate surface area is 78.2 Å². The number of urea groups is 1. The number of rotatable bonds is 2. The highest BCUT2D eigenvalue weighted by molar-refractivity contribution is 5.91. The van der Waals surface area contributed by atoms with Crippen molar-refractivity contribution in [3.8, 4) is 0 Å². The lowest BCUT2D eigenvalue weighted by Crippen LogP contribution is -2.40. The second-order valence-electron chi connectivity index (χ2n) is 3.06. The summed E-state index contributed by atoms with van der Waals surface area (Å²) in [5.41, 5.74) is 6.05. The fourth-order valence-corrected chi connectivity index (χ4v) is 1.22. The molecule has 69 valence electrons. The molecule has 0 heterocycles. The molecule has 2 amide bonds. The zero-order chi connectivity index (χ0) is 9.84. The van der Waals surface area contributed by atoms with Crippen molar-refractivity contribution >= 4 is 11.7 Å². The molecule has 0 aliphatic rings. The number of benzene rings is 1. The first-order valence-corrected chi connectivity index (χ1v) is 4.17. The van der Waals surface area contributed by atoms with Gasteiger partial charge < -0.3 is 5.73 Å². The lowest BCUT2D eigenvalue weighted by atomic mass is 10.2. The van der Waals surface area contributed by atoms with E-state index in [1.807, 2.05) is 26.0 Å². The van der Waals surface area contributed by atoms with Crippen LogP contribution >= 0.6 is 0 Å². The Balaban J connectivity index is 2.96. The largest absolute Gasteiger partial charge is 0.351 e. The molecule has 0 saturated heterocycles. The van der Waals surface area contributed by atoms with Gasteiger partial charge in [0.2, 0.25) is 0 Å². The summed E-state index contributed by atoms with van der Waals surface area (Å²) >= 11 is 0. The summed E-state index contributed by atoms with van der Waals surface area (Å²) in [7, 11) is 0.